The number of sulfonamides is 1. The van der Waals surface area contributed by atoms with Gasteiger partial charge in [0, 0.05) is 29.8 Å². The third-order valence-corrected chi connectivity index (χ3v) is 7.07. The van der Waals surface area contributed by atoms with Gasteiger partial charge in [-0.25, -0.2) is 13.6 Å². The van der Waals surface area contributed by atoms with Gasteiger partial charge in [0.1, 0.15) is 0 Å². The monoisotopic (exact) mass is 546 g/mol. The number of nitrogens with two attached hydrogens (primary N) is 1. The third kappa shape index (κ3) is 7.47. The van der Waals surface area contributed by atoms with E-state index in [-0.39, 0.29) is 33.6 Å². The molecule has 6 nitrogen and oxygen atoms in total. The molecule has 0 aliphatic heterocycles. The van der Waals surface area contributed by atoms with Crippen molar-refractivity contribution >= 4 is 51.7 Å². The van der Waals surface area contributed by atoms with E-state index < -0.39 is 10.0 Å². The second-order valence-electron chi connectivity index (χ2n) is 6.89. The molecule has 0 bridgehead atoms. The SMILES string of the molecule is CN=C(NCCc1ccc(S(N)(=O)=O)cc1)NCC1(Sc2ccccc2)CC1.I. The molecule has 3 rings (SSSR count). The van der Waals surface area contributed by atoms with E-state index in [0.29, 0.717) is 6.54 Å². The Labute approximate surface area is 194 Å². The Morgan fingerprint density at radius 2 is 1.76 bits per heavy atom. The number of guanidine groups is 1. The molecule has 1 fully saturated rings. The van der Waals surface area contributed by atoms with Crippen LogP contribution >= 0.6 is 35.7 Å². The third-order valence-electron chi connectivity index (χ3n) is 4.64. The van der Waals surface area contributed by atoms with E-state index in [4.69, 9.17) is 5.14 Å². The van der Waals surface area contributed by atoms with E-state index in [2.05, 4.69) is 39.9 Å². The zero-order chi connectivity index (χ0) is 20.0. The molecule has 0 unspecified atom stereocenters. The van der Waals surface area contributed by atoms with E-state index in [0.717, 1.165) is 24.5 Å². The molecule has 1 saturated carbocycles. The predicted octanol–water partition coefficient (Wildman–Crippen LogP) is 2.98. The van der Waals surface area contributed by atoms with Crippen molar-refractivity contribution in [1.82, 2.24) is 10.6 Å². The standard InChI is InChI=1S/C20H26N4O2S2.HI/c1-22-19(23-14-11-16-7-9-18(10-8-16)28(21,25)26)24-15-20(12-13-20)27-17-5-3-2-4-6-17;/h2-10H,11-15H2,1H3,(H2,21,25,26)(H2,22,23,24);1H. The van der Waals surface area contributed by atoms with Crippen LogP contribution in [0.25, 0.3) is 0 Å². The number of benzene rings is 2. The number of halogens is 1. The van der Waals surface area contributed by atoms with Crippen molar-refractivity contribution in [2.24, 2.45) is 10.1 Å². The molecule has 4 N–H and O–H groups in total. The molecule has 0 heterocycles. The van der Waals surface area contributed by atoms with Crippen LogP contribution in [0.4, 0.5) is 0 Å². The van der Waals surface area contributed by atoms with Crippen LogP contribution in [-0.4, -0.2) is 39.3 Å². The summed E-state index contributed by atoms with van der Waals surface area (Å²) in [5.74, 6) is 0.779. The fourth-order valence-electron chi connectivity index (χ4n) is 2.83. The van der Waals surface area contributed by atoms with Crippen molar-refractivity contribution in [2.45, 2.75) is 33.8 Å². The summed E-state index contributed by atoms with van der Waals surface area (Å²) in [6.45, 7) is 1.57. The normalized spacial score (nSPS) is 15.3. The van der Waals surface area contributed by atoms with Gasteiger partial charge in [-0.05, 0) is 49.1 Å². The number of hydrogen-bond acceptors (Lipinski definition) is 4. The summed E-state index contributed by atoms with van der Waals surface area (Å²) in [5, 5.41) is 11.9. The van der Waals surface area contributed by atoms with Crippen LogP contribution in [-0.2, 0) is 16.4 Å². The number of thioether (sulfide) groups is 1. The highest BCUT2D eigenvalue weighted by molar-refractivity contribution is 14.0. The van der Waals surface area contributed by atoms with Crippen LogP contribution in [0.1, 0.15) is 18.4 Å². The Bertz CT molecular complexity index is 915. The summed E-state index contributed by atoms with van der Waals surface area (Å²) in [4.78, 5) is 5.72. The first kappa shape index (κ1) is 24.0. The number of primary sulfonamides is 1. The summed E-state index contributed by atoms with van der Waals surface area (Å²) < 4.78 is 22.9. The Morgan fingerprint density at radius 3 is 2.31 bits per heavy atom. The second kappa shape index (κ2) is 10.6. The molecule has 0 spiro atoms. The van der Waals surface area contributed by atoms with Gasteiger partial charge in [-0.2, -0.15) is 0 Å². The summed E-state index contributed by atoms with van der Waals surface area (Å²) >= 11 is 1.93. The smallest absolute Gasteiger partial charge is 0.238 e. The summed E-state index contributed by atoms with van der Waals surface area (Å²) in [7, 11) is -1.88. The van der Waals surface area contributed by atoms with E-state index in [9.17, 15) is 8.42 Å². The van der Waals surface area contributed by atoms with Gasteiger partial charge in [0.2, 0.25) is 10.0 Å². The minimum atomic E-state index is -3.64. The first-order valence-electron chi connectivity index (χ1n) is 9.21. The molecular weight excluding hydrogens is 519 g/mol. The van der Waals surface area contributed by atoms with Gasteiger partial charge in [0.05, 0.1) is 4.90 Å². The molecule has 0 saturated heterocycles. The molecule has 0 amide bonds. The maximum absolute atomic E-state index is 11.3. The lowest BCUT2D eigenvalue weighted by atomic mass is 10.1. The van der Waals surface area contributed by atoms with Crippen molar-refractivity contribution in [1.29, 1.82) is 0 Å². The van der Waals surface area contributed by atoms with Gasteiger partial charge in [-0.3, -0.25) is 4.99 Å². The van der Waals surface area contributed by atoms with Crippen LogP contribution in [0.15, 0.2) is 69.4 Å². The van der Waals surface area contributed by atoms with E-state index in [1.54, 1.807) is 19.2 Å². The van der Waals surface area contributed by atoms with Crippen molar-refractivity contribution in [3.63, 3.8) is 0 Å². The Morgan fingerprint density at radius 1 is 1.10 bits per heavy atom. The average Bonchev–Trinajstić information content (AvgIpc) is 3.44. The highest BCUT2D eigenvalue weighted by atomic mass is 127. The first-order chi connectivity index (χ1) is 13.4. The molecule has 0 aromatic heterocycles. The first-order valence-corrected chi connectivity index (χ1v) is 11.6. The molecule has 9 heteroatoms. The van der Waals surface area contributed by atoms with Crippen molar-refractivity contribution in [3.8, 4) is 0 Å². The van der Waals surface area contributed by atoms with Crippen LogP contribution in [0.3, 0.4) is 0 Å². The highest BCUT2D eigenvalue weighted by Gasteiger charge is 2.43. The van der Waals surface area contributed by atoms with Crippen LogP contribution in [0.5, 0.6) is 0 Å². The zero-order valence-electron chi connectivity index (χ0n) is 16.3. The predicted molar refractivity (Wildman–Crippen MR) is 131 cm³/mol. The fourth-order valence-corrected chi connectivity index (χ4v) is 4.59. The Kier molecular flexibility index (Phi) is 8.80. The number of rotatable bonds is 8. The lowest BCUT2D eigenvalue weighted by molar-refractivity contribution is 0.598. The van der Waals surface area contributed by atoms with Crippen molar-refractivity contribution < 1.29 is 8.42 Å². The minimum Gasteiger partial charge on any atom is -0.356 e. The number of hydrogen-bond donors (Lipinski definition) is 3. The van der Waals surface area contributed by atoms with Crippen LogP contribution in [0.2, 0.25) is 0 Å². The van der Waals surface area contributed by atoms with E-state index in [1.165, 1.54) is 29.9 Å². The summed E-state index contributed by atoms with van der Waals surface area (Å²) in [6, 6.07) is 17.1. The number of nitrogens with zero attached hydrogens (tertiary/aromatic N) is 1. The topological polar surface area (TPSA) is 96.6 Å². The van der Waals surface area contributed by atoms with Crippen molar-refractivity contribution in [2.75, 3.05) is 20.1 Å². The Balaban J connectivity index is 0.00000300. The van der Waals surface area contributed by atoms with E-state index >= 15 is 0 Å². The molecule has 0 radical (unpaired) electrons. The fraction of sp³-hybridized carbons (Fsp3) is 0.350. The van der Waals surface area contributed by atoms with Gasteiger partial charge >= 0.3 is 0 Å². The molecule has 29 heavy (non-hydrogen) atoms. The minimum absolute atomic E-state index is 0. The van der Waals surface area contributed by atoms with E-state index in [1.807, 2.05) is 17.8 Å². The zero-order valence-corrected chi connectivity index (χ0v) is 20.3. The van der Waals surface area contributed by atoms with Gasteiger partial charge in [-0.1, -0.05) is 30.3 Å². The average molecular weight is 547 g/mol. The van der Waals surface area contributed by atoms with Crippen molar-refractivity contribution in [3.05, 3.63) is 60.2 Å². The lowest BCUT2D eigenvalue weighted by Gasteiger charge is -2.18. The summed E-state index contributed by atoms with van der Waals surface area (Å²) in [6.07, 6.45) is 3.16. The molecule has 2 aromatic rings. The van der Waals surface area contributed by atoms with Crippen LogP contribution < -0.4 is 15.8 Å². The molecule has 2 aromatic carbocycles. The van der Waals surface area contributed by atoms with Gasteiger partial charge in [0.25, 0.3) is 0 Å². The lowest BCUT2D eigenvalue weighted by Crippen LogP contribution is -2.41. The number of aliphatic imine (C=N–C) groups is 1. The largest absolute Gasteiger partial charge is 0.356 e. The van der Waals surface area contributed by atoms with Gasteiger partial charge in [0.15, 0.2) is 5.96 Å². The number of nitrogens with one attached hydrogen (secondary N) is 2. The molecule has 1 aliphatic rings. The van der Waals surface area contributed by atoms with Crippen LogP contribution in [0, 0.1) is 0 Å². The Hall–Kier alpha value is -1.30. The molecule has 0 atom stereocenters. The highest BCUT2D eigenvalue weighted by Crippen LogP contribution is 2.51. The maximum atomic E-state index is 11.3. The van der Waals surface area contributed by atoms with Gasteiger partial charge < -0.3 is 10.6 Å². The molecular formula is C20H27IN4O2S2. The molecule has 1 aliphatic carbocycles. The second-order valence-corrected chi connectivity index (χ2v) is 9.99. The maximum Gasteiger partial charge on any atom is 0.238 e. The summed E-state index contributed by atoms with van der Waals surface area (Å²) in [5.41, 5.74) is 1.04. The molecule has 158 valence electrons. The van der Waals surface area contributed by atoms with Gasteiger partial charge in [-0.15, -0.1) is 35.7 Å². The quantitative estimate of drug-likeness (QED) is 0.269.